The van der Waals surface area contributed by atoms with E-state index in [1.165, 1.54) is 6.07 Å². The van der Waals surface area contributed by atoms with Gasteiger partial charge in [-0.2, -0.15) is 5.10 Å². The van der Waals surface area contributed by atoms with Crippen molar-refractivity contribution in [3.63, 3.8) is 0 Å². The van der Waals surface area contributed by atoms with Gasteiger partial charge in [-0.3, -0.25) is 4.68 Å². The Hall–Kier alpha value is -1.68. The van der Waals surface area contributed by atoms with Gasteiger partial charge in [0.25, 0.3) is 0 Å². The molecule has 96 valence electrons. The number of halogens is 1. The molecule has 0 radical (unpaired) electrons. The molecule has 1 aromatic heterocycles. The van der Waals surface area contributed by atoms with Crippen LogP contribution < -0.4 is 5.73 Å². The van der Waals surface area contributed by atoms with Crippen molar-refractivity contribution >= 4 is 0 Å². The molecule has 2 N–H and O–H groups in total. The lowest BCUT2D eigenvalue weighted by atomic mass is 9.88. The summed E-state index contributed by atoms with van der Waals surface area (Å²) in [5, 5.41) is 4.21. The minimum atomic E-state index is -0.615. The number of hydrogen-bond acceptors (Lipinski definition) is 2. The molecule has 3 nitrogen and oxygen atoms in total. The lowest BCUT2D eigenvalue weighted by molar-refractivity contribution is 0.474. The van der Waals surface area contributed by atoms with E-state index in [0.29, 0.717) is 12.0 Å². The fourth-order valence-corrected chi connectivity index (χ4v) is 1.97. The molecule has 0 aliphatic rings. The largest absolute Gasteiger partial charge is 0.321 e. The van der Waals surface area contributed by atoms with Gasteiger partial charge in [0.15, 0.2) is 0 Å². The number of benzene rings is 1. The summed E-state index contributed by atoms with van der Waals surface area (Å²) in [5.74, 6) is -0.211. The van der Waals surface area contributed by atoms with Crippen LogP contribution in [0, 0.1) is 5.82 Å². The van der Waals surface area contributed by atoms with Crippen LogP contribution in [0.4, 0.5) is 4.39 Å². The lowest BCUT2D eigenvalue weighted by Gasteiger charge is -2.23. The first kappa shape index (κ1) is 12.8. The molecule has 0 amide bonds. The second kappa shape index (κ2) is 4.90. The summed E-state index contributed by atoms with van der Waals surface area (Å²) in [6.07, 6.45) is 4.13. The molecule has 2 rings (SSSR count). The zero-order chi connectivity index (χ0) is 13.2. The first-order chi connectivity index (χ1) is 8.53. The average Bonchev–Trinajstić information content (AvgIpc) is 2.81. The van der Waals surface area contributed by atoms with Crippen molar-refractivity contribution in [2.45, 2.75) is 32.4 Å². The van der Waals surface area contributed by atoms with Crippen LogP contribution >= 0.6 is 0 Å². The van der Waals surface area contributed by atoms with Gasteiger partial charge in [-0.05, 0) is 31.9 Å². The van der Waals surface area contributed by atoms with Gasteiger partial charge in [0.1, 0.15) is 5.82 Å². The van der Waals surface area contributed by atoms with Gasteiger partial charge in [0.05, 0.1) is 6.20 Å². The Morgan fingerprint density at radius 3 is 2.72 bits per heavy atom. The van der Waals surface area contributed by atoms with Crippen molar-refractivity contribution in [2.75, 3.05) is 0 Å². The summed E-state index contributed by atoms with van der Waals surface area (Å²) in [5.41, 5.74) is 7.23. The summed E-state index contributed by atoms with van der Waals surface area (Å²) >= 11 is 0. The number of hydrogen-bond donors (Lipinski definition) is 1. The Bertz CT molecular complexity index is 531. The van der Waals surface area contributed by atoms with Gasteiger partial charge in [-0.25, -0.2) is 4.39 Å². The molecular formula is C14H18FN3. The maximum atomic E-state index is 13.6. The van der Waals surface area contributed by atoms with Crippen LogP contribution in [0.5, 0.6) is 0 Å². The summed E-state index contributed by atoms with van der Waals surface area (Å²) in [7, 11) is 0. The number of rotatable bonds is 4. The highest BCUT2D eigenvalue weighted by Crippen LogP contribution is 2.23. The van der Waals surface area contributed by atoms with E-state index in [-0.39, 0.29) is 5.82 Å². The molecule has 2 aromatic rings. The Balaban J connectivity index is 2.24. The Kier molecular flexibility index (Phi) is 3.48. The molecule has 0 saturated carbocycles. The summed E-state index contributed by atoms with van der Waals surface area (Å²) < 4.78 is 15.5. The molecule has 0 saturated heterocycles. The van der Waals surface area contributed by atoms with E-state index in [1.54, 1.807) is 18.3 Å². The van der Waals surface area contributed by atoms with Gasteiger partial charge >= 0.3 is 0 Å². The molecule has 1 atom stereocenters. The first-order valence-electron chi connectivity index (χ1n) is 6.08. The standard InChI is InChI=1S/C14H18FN3/c1-3-18-10-12(9-17-18)14(2,16)8-11-6-4-5-7-13(11)15/h4-7,9-10H,3,8,16H2,1-2H3. The molecule has 0 bridgehead atoms. The van der Waals surface area contributed by atoms with Crippen LogP contribution in [0.3, 0.4) is 0 Å². The second-order valence-corrected chi connectivity index (χ2v) is 4.77. The van der Waals surface area contributed by atoms with E-state index in [2.05, 4.69) is 5.10 Å². The van der Waals surface area contributed by atoms with Crippen molar-refractivity contribution < 1.29 is 4.39 Å². The van der Waals surface area contributed by atoms with E-state index < -0.39 is 5.54 Å². The molecule has 0 aliphatic heterocycles. The van der Waals surface area contributed by atoms with E-state index in [4.69, 9.17) is 5.73 Å². The zero-order valence-corrected chi connectivity index (χ0v) is 10.7. The third kappa shape index (κ3) is 2.59. The Labute approximate surface area is 106 Å². The Morgan fingerprint density at radius 2 is 2.11 bits per heavy atom. The quantitative estimate of drug-likeness (QED) is 0.902. The van der Waals surface area contributed by atoms with Crippen molar-refractivity contribution in [1.82, 2.24) is 9.78 Å². The van der Waals surface area contributed by atoms with E-state index >= 15 is 0 Å². The van der Waals surface area contributed by atoms with Gasteiger partial charge in [0, 0.05) is 23.8 Å². The van der Waals surface area contributed by atoms with Crippen molar-refractivity contribution in [3.8, 4) is 0 Å². The monoisotopic (exact) mass is 247 g/mol. The predicted molar refractivity (Wildman–Crippen MR) is 69.5 cm³/mol. The second-order valence-electron chi connectivity index (χ2n) is 4.77. The summed E-state index contributed by atoms with van der Waals surface area (Å²) in [4.78, 5) is 0. The number of aryl methyl sites for hydroxylation is 1. The predicted octanol–water partition coefficient (Wildman–Crippen LogP) is 2.46. The normalized spacial score (nSPS) is 14.4. The SMILES string of the molecule is CCn1cc(C(C)(N)Cc2ccccc2F)cn1. The number of nitrogens with zero attached hydrogens (tertiary/aromatic N) is 2. The molecule has 18 heavy (non-hydrogen) atoms. The van der Waals surface area contributed by atoms with Crippen LogP contribution in [-0.2, 0) is 18.5 Å². The van der Waals surface area contributed by atoms with Crippen LogP contribution in [0.2, 0.25) is 0 Å². The fraction of sp³-hybridized carbons (Fsp3) is 0.357. The molecule has 1 unspecified atom stereocenters. The summed E-state index contributed by atoms with van der Waals surface area (Å²) in [6, 6.07) is 6.73. The Morgan fingerprint density at radius 1 is 1.39 bits per heavy atom. The van der Waals surface area contributed by atoms with Gasteiger partial charge in [-0.15, -0.1) is 0 Å². The highest BCUT2D eigenvalue weighted by Gasteiger charge is 2.24. The molecule has 1 heterocycles. The van der Waals surface area contributed by atoms with E-state index in [9.17, 15) is 4.39 Å². The summed E-state index contributed by atoms with van der Waals surface area (Å²) in [6.45, 7) is 4.72. The first-order valence-corrected chi connectivity index (χ1v) is 6.08. The maximum Gasteiger partial charge on any atom is 0.126 e. The number of nitrogens with two attached hydrogens (primary N) is 1. The van der Waals surface area contributed by atoms with Gasteiger partial charge in [-0.1, -0.05) is 18.2 Å². The topological polar surface area (TPSA) is 43.8 Å². The van der Waals surface area contributed by atoms with Crippen LogP contribution in [0.1, 0.15) is 25.0 Å². The average molecular weight is 247 g/mol. The van der Waals surface area contributed by atoms with Crippen molar-refractivity contribution in [3.05, 3.63) is 53.6 Å². The third-order valence-electron chi connectivity index (χ3n) is 3.13. The molecule has 4 heteroatoms. The maximum absolute atomic E-state index is 13.6. The van der Waals surface area contributed by atoms with Crippen LogP contribution in [-0.4, -0.2) is 9.78 Å². The zero-order valence-electron chi connectivity index (χ0n) is 10.7. The van der Waals surface area contributed by atoms with E-state index in [0.717, 1.165) is 12.1 Å². The fourth-order valence-electron chi connectivity index (χ4n) is 1.97. The van der Waals surface area contributed by atoms with Crippen LogP contribution in [0.25, 0.3) is 0 Å². The number of aromatic nitrogens is 2. The molecule has 1 aromatic carbocycles. The van der Waals surface area contributed by atoms with Crippen molar-refractivity contribution in [2.24, 2.45) is 5.73 Å². The third-order valence-corrected chi connectivity index (χ3v) is 3.13. The van der Waals surface area contributed by atoms with E-state index in [1.807, 2.05) is 30.8 Å². The van der Waals surface area contributed by atoms with Gasteiger partial charge in [0.2, 0.25) is 0 Å². The highest BCUT2D eigenvalue weighted by atomic mass is 19.1. The van der Waals surface area contributed by atoms with Crippen molar-refractivity contribution in [1.29, 1.82) is 0 Å². The smallest absolute Gasteiger partial charge is 0.126 e. The van der Waals surface area contributed by atoms with Crippen LogP contribution in [0.15, 0.2) is 36.7 Å². The molecule has 0 spiro atoms. The highest BCUT2D eigenvalue weighted by molar-refractivity contribution is 5.25. The molecule has 0 aliphatic carbocycles. The molecule has 0 fully saturated rings. The minimum absolute atomic E-state index is 0.211. The minimum Gasteiger partial charge on any atom is -0.321 e. The molecular weight excluding hydrogens is 229 g/mol. The van der Waals surface area contributed by atoms with Gasteiger partial charge < -0.3 is 5.73 Å². The lowest BCUT2D eigenvalue weighted by Crippen LogP contribution is -2.35.